The van der Waals surface area contributed by atoms with Crippen molar-refractivity contribution in [2.75, 3.05) is 19.3 Å². The second-order valence-electron chi connectivity index (χ2n) is 3.95. The average molecular weight is 257 g/mol. The molecule has 0 aromatic rings. The van der Waals surface area contributed by atoms with Crippen molar-refractivity contribution in [2.24, 2.45) is 5.92 Å². The molecule has 1 saturated carbocycles. The standard InChI is InChI=1S/C9H14F3NO2S/c1-16-8(2-3-8)5-13-4-6(7(14)15)9(10,11)12/h6,13H,2-5H2,1H3,(H,14,15). The zero-order chi connectivity index (χ0) is 12.4. The van der Waals surface area contributed by atoms with Gasteiger partial charge in [0, 0.05) is 17.8 Å². The first-order chi connectivity index (χ1) is 7.31. The van der Waals surface area contributed by atoms with Crippen molar-refractivity contribution in [2.45, 2.75) is 23.8 Å². The summed E-state index contributed by atoms with van der Waals surface area (Å²) in [5, 5.41) is 11.1. The number of aliphatic carboxylic acids is 1. The van der Waals surface area contributed by atoms with E-state index in [1.165, 1.54) is 0 Å². The fourth-order valence-corrected chi connectivity index (χ4v) is 2.14. The second-order valence-corrected chi connectivity index (χ2v) is 5.22. The van der Waals surface area contributed by atoms with E-state index in [0.29, 0.717) is 6.54 Å². The van der Waals surface area contributed by atoms with Gasteiger partial charge < -0.3 is 10.4 Å². The summed E-state index contributed by atoms with van der Waals surface area (Å²) >= 11 is 1.61. The lowest BCUT2D eigenvalue weighted by molar-refractivity contribution is -0.192. The SMILES string of the molecule is CSC1(CNCC(C(=O)O)C(F)(F)F)CC1. The summed E-state index contributed by atoms with van der Waals surface area (Å²) in [5.74, 6) is -4.14. The van der Waals surface area contributed by atoms with Crippen molar-refractivity contribution in [3.05, 3.63) is 0 Å². The molecule has 0 bridgehead atoms. The molecule has 0 aromatic heterocycles. The fraction of sp³-hybridized carbons (Fsp3) is 0.889. The van der Waals surface area contributed by atoms with E-state index < -0.39 is 24.6 Å². The summed E-state index contributed by atoms with van der Waals surface area (Å²) in [6, 6.07) is 0. The number of carboxylic acids is 1. The summed E-state index contributed by atoms with van der Waals surface area (Å²) < 4.78 is 36.8. The van der Waals surface area contributed by atoms with Crippen molar-refractivity contribution in [1.29, 1.82) is 0 Å². The fourth-order valence-electron chi connectivity index (χ4n) is 1.38. The van der Waals surface area contributed by atoms with Gasteiger partial charge in [-0.25, -0.2) is 0 Å². The van der Waals surface area contributed by atoms with E-state index in [-0.39, 0.29) is 4.75 Å². The molecule has 0 saturated heterocycles. The molecule has 0 aliphatic heterocycles. The van der Waals surface area contributed by atoms with Crippen LogP contribution in [0.5, 0.6) is 0 Å². The minimum Gasteiger partial charge on any atom is -0.481 e. The third-order valence-corrected chi connectivity index (χ3v) is 4.15. The Morgan fingerprint density at radius 3 is 2.44 bits per heavy atom. The maximum absolute atomic E-state index is 12.3. The molecule has 1 aliphatic carbocycles. The maximum Gasteiger partial charge on any atom is 0.403 e. The number of carboxylic acid groups (broad SMARTS) is 1. The first-order valence-electron chi connectivity index (χ1n) is 4.86. The minimum absolute atomic E-state index is 0.0364. The van der Waals surface area contributed by atoms with Crippen molar-refractivity contribution in [3.63, 3.8) is 0 Å². The van der Waals surface area contributed by atoms with Crippen LogP contribution in [0, 0.1) is 5.92 Å². The smallest absolute Gasteiger partial charge is 0.403 e. The lowest BCUT2D eigenvalue weighted by atomic mass is 10.1. The molecule has 0 spiro atoms. The summed E-state index contributed by atoms with van der Waals surface area (Å²) in [6.45, 7) is -0.116. The van der Waals surface area contributed by atoms with E-state index in [2.05, 4.69) is 5.32 Å². The first kappa shape index (κ1) is 13.6. The van der Waals surface area contributed by atoms with Crippen LogP contribution in [-0.2, 0) is 4.79 Å². The third-order valence-electron chi connectivity index (χ3n) is 2.73. The summed E-state index contributed by atoms with van der Waals surface area (Å²) in [6.07, 6.45) is -0.822. The molecule has 1 unspecified atom stereocenters. The lowest BCUT2D eigenvalue weighted by Gasteiger charge is -2.18. The Morgan fingerprint density at radius 2 is 2.12 bits per heavy atom. The molecule has 0 amide bonds. The molecule has 1 aliphatic rings. The Labute approximate surface area is 95.8 Å². The predicted octanol–water partition coefficient (Wildman–Crippen LogP) is 1.73. The molecule has 1 atom stereocenters. The van der Waals surface area contributed by atoms with Gasteiger partial charge in [-0.05, 0) is 19.1 Å². The zero-order valence-electron chi connectivity index (χ0n) is 8.80. The van der Waals surface area contributed by atoms with Crippen molar-refractivity contribution < 1.29 is 23.1 Å². The van der Waals surface area contributed by atoms with Crippen LogP contribution < -0.4 is 5.32 Å². The third kappa shape index (κ3) is 3.55. The average Bonchev–Trinajstić information content (AvgIpc) is 2.90. The van der Waals surface area contributed by atoms with Gasteiger partial charge >= 0.3 is 12.1 Å². The number of rotatable bonds is 6. The van der Waals surface area contributed by atoms with Crippen molar-refractivity contribution >= 4 is 17.7 Å². The number of thioether (sulfide) groups is 1. The Bertz CT molecular complexity index is 266. The van der Waals surface area contributed by atoms with Crippen LogP contribution in [-0.4, -0.2) is 41.3 Å². The number of alkyl halides is 3. The molecule has 0 radical (unpaired) electrons. The summed E-state index contributed by atoms with van der Waals surface area (Å²) in [5.41, 5.74) is 0. The maximum atomic E-state index is 12.3. The number of nitrogens with one attached hydrogen (secondary N) is 1. The zero-order valence-corrected chi connectivity index (χ0v) is 9.62. The minimum atomic E-state index is -4.69. The molecule has 7 heteroatoms. The Kier molecular flexibility index (Phi) is 4.12. The molecule has 0 heterocycles. The molecule has 16 heavy (non-hydrogen) atoms. The number of carbonyl (C=O) groups is 1. The number of hydrogen-bond donors (Lipinski definition) is 2. The molecule has 2 N–H and O–H groups in total. The highest BCUT2D eigenvalue weighted by atomic mass is 32.2. The topological polar surface area (TPSA) is 49.3 Å². The van der Waals surface area contributed by atoms with E-state index in [9.17, 15) is 18.0 Å². The van der Waals surface area contributed by atoms with Gasteiger partial charge in [0.25, 0.3) is 0 Å². The molecule has 1 rings (SSSR count). The van der Waals surface area contributed by atoms with Crippen LogP contribution in [0.25, 0.3) is 0 Å². The quantitative estimate of drug-likeness (QED) is 0.761. The van der Waals surface area contributed by atoms with Crippen LogP contribution >= 0.6 is 11.8 Å². The van der Waals surface area contributed by atoms with E-state index in [1.807, 2.05) is 6.26 Å². The number of hydrogen-bond acceptors (Lipinski definition) is 3. The van der Waals surface area contributed by atoms with Gasteiger partial charge in [0.2, 0.25) is 0 Å². The van der Waals surface area contributed by atoms with E-state index in [0.717, 1.165) is 12.8 Å². The first-order valence-corrected chi connectivity index (χ1v) is 6.09. The van der Waals surface area contributed by atoms with Crippen LogP contribution in [0.4, 0.5) is 13.2 Å². The summed E-state index contributed by atoms with van der Waals surface area (Å²) in [4.78, 5) is 10.4. The van der Waals surface area contributed by atoms with E-state index in [4.69, 9.17) is 5.11 Å². The van der Waals surface area contributed by atoms with Gasteiger partial charge in [0.15, 0.2) is 5.92 Å². The molecule has 0 aromatic carbocycles. The Balaban J connectivity index is 2.37. The van der Waals surface area contributed by atoms with Crippen LogP contribution in [0.1, 0.15) is 12.8 Å². The predicted molar refractivity (Wildman–Crippen MR) is 55.5 cm³/mol. The number of halogens is 3. The van der Waals surface area contributed by atoms with Crippen LogP contribution in [0.2, 0.25) is 0 Å². The van der Waals surface area contributed by atoms with E-state index in [1.54, 1.807) is 11.8 Å². The lowest BCUT2D eigenvalue weighted by Crippen LogP contribution is -2.41. The van der Waals surface area contributed by atoms with E-state index >= 15 is 0 Å². The highest BCUT2D eigenvalue weighted by molar-refractivity contribution is 8.00. The van der Waals surface area contributed by atoms with Crippen LogP contribution in [0.15, 0.2) is 0 Å². The van der Waals surface area contributed by atoms with Gasteiger partial charge in [-0.3, -0.25) is 4.79 Å². The molecule has 3 nitrogen and oxygen atoms in total. The van der Waals surface area contributed by atoms with Gasteiger partial charge in [0.1, 0.15) is 0 Å². The normalized spacial score (nSPS) is 20.5. The largest absolute Gasteiger partial charge is 0.481 e. The highest BCUT2D eigenvalue weighted by Crippen LogP contribution is 2.46. The molecule has 94 valence electrons. The second kappa shape index (κ2) is 4.83. The van der Waals surface area contributed by atoms with Gasteiger partial charge in [-0.15, -0.1) is 0 Å². The monoisotopic (exact) mass is 257 g/mol. The summed E-state index contributed by atoms with van der Waals surface area (Å²) in [7, 11) is 0. The highest BCUT2D eigenvalue weighted by Gasteiger charge is 2.46. The van der Waals surface area contributed by atoms with Crippen molar-refractivity contribution in [1.82, 2.24) is 5.32 Å². The van der Waals surface area contributed by atoms with Gasteiger partial charge in [-0.1, -0.05) is 0 Å². The molecule has 1 fully saturated rings. The Hall–Kier alpha value is -0.430. The van der Waals surface area contributed by atoms with Crippen molar-refractivity contribution in [3.8, 4) is 0 Å². The van der Waals surface area contributed by atoms with Gasteiger partial charge in [-0.2, -0.15) is 24.9 Å². The van der Waals surface area contributed by atoms with Gasteiger partial charge in [0.05, 0.1) is 0 Å². The Morgan fingerprint density at radius 1 is 1.56 bits per heavy atom. The molecular weight excluding hydrogens is 243 g/mol. The molecular formula is C9H14F3NO2S. The van der Waals surface area contributed by atoms with Crippen LogP contribution in [0.3, 0.4) is 0 Å².